The van der Waals surface area contributed by atoms with E-state index in [0.29, 0.717) is 30.0 Å². The number of nitro groups is 1. The average Bonchev–Trinajstić information content (AvgIpc) is 3.07. The van der Waals surface area contributed by atoms with Crippen LogP contribution in [0.3, 0.4) is 0 Å². The lowest BCUT2D eigenvalue weighted by Gasteiger charge is -2.05. The van der Waals surface area contributed by atoms with Crippen LogP contribution in [0.5, 0.6) is 0 Å². The molecule has 0 aliphatic heterocycles. The third-order valence-corrected chi connectivity index (χ3v) is 3.52. The number of rotatable bonds is 5. The van der Waals surface area contributed by atoms with Crippen LogP contribution in [-0.4, -0.2) is 26.6 Å². The van der Waals surface area contributed by atoms with Crippen molar-refractivity contribution in [3.63, 3.8) is 0 Å². The summed E-state index contributed by atoms with van der Waals surface area (Å²) in [5, 5.41) is 17.9. The van der Waals surface area contributed by atoms with Gasteiger partial charge in [0.25, 0.3) is 0 Å². The summed E-state index contributed by atoms with van der Waals surface area (Å²) in [5.41, 5.74) is 2.44. The maximum absolute atomic E-state index is 11.2. The molecule has 0 amide bonds. The zero-order chi connectivity index (χ0) is 13.9. The van der Waals surface area contributed by atoms with Gasteiger partial charge in [-0.25, -0.2) is 4.98 Å². The van der Waals surface area contributed by atoms with Crippen molar-refractivity contribution in [1.29, 1.82) is 0 Å². The molecule has 0 aliphatic carbocycles. The van der Waals surface area contributed by atoms with Gasteiger partial charge in [0.1, 0.15) is 5.69 Å². The number of hydrogen-bond donors (Lipinski definition) is 1. The Morgan fingerprint density at radius 1 is 1.40 bits per heavy atom. The predicted octanol–water partition coefficient (Wildman–Crippen LogP) is 2.24. The Bertz CT molecular complexity index is 740. The Morgan fingerprint density at radius 2 is 2.30 bits per heavy atom. The standard InChI is InChI=1S/C11H9N5O3S/c17-16(18)11-7(1-2-8-10(11)14-6-20-8)12-4-3-9-13-5-19-15-9/h1-2,5-6,12H,3-4H2. The van der Waals surface area contributed by atoms with Crippen molar-refractivity contribution in [3.8, 4) is 0 Å². The Balaban J connectivity index is 1.83. The molecule has 0 unspecified atom stereocenters. The molecule has 2 aromatic heterocycles. The number of anilines is 1. The minimum atomic E-state index is -0.418. The van der Waals surface area contributed by atoms with E-state index >= 15 is 0 Å². The summed E-state index contributed by atoms with van der Waals surface area (Å²) in [6.07, 6.45) is 1.77. The molecule has 20 heavy (non-hydrogen) atoms. The topological polar surface area (TPSA) is 107 Å². The van der Waals surface area contributed by atoms with Crippen LogP contribution in [0, 0.1) is 10.1 Å². The molecule has 0 atom stereocenters. The number of nitrogens with one attached hydrogen (secondary N) is 1. The molecule has 0 fully saturated rings. The first-order valence-corrected chi connectivity index (χ1v) is 6.63. The fourth-order valence-electron chi connectivity index (χ4n) is 1.86. The van der Waals surface area contributed by atoms with Crippen LogP contribution < -0.4 is 5.32 Å². The summed E-state index contributed by atoms with van der Waals surface area (Å²) in [5.74, 6) is 0.551. The molecule has 0 saturated heterocycles. The Labute approximate surface area is 116 Å². The van der Waals surface area contributed by atoms with Crippen molar-refractivity contribution in [2.45, 2.75) is 6.42 Å². The van der Waals surface area contributed by atoms with Crippen molar-refractivity contribution >= 4 is 32.9 Å². The second kappa shape index (κ2) is 5.21. The van der Waals surface area contributed by atoms with Gasteiger partial charge in [0.05, 0.1) is 15.1 Å². The molecule has 102 valence electrons. The van der Waals surface area contributed by atoms with Crippen LogP contribution in [0.15, 0.2) is 28.6 Å². The Morgan fingerprint density at radius 3 is 3.05 bits per heavy atom. The van der Waals surface area contributed by atoms with Gasteiger partial charge in [-0.1, -0.05) is 5.16 Å². The summed E-state index contributed by atoms with van der Waals surface area (Å²) in [4.78, 5) is 18.7. The van der Waals surface area contributed by atoms with Crippen molar-refractivity contribution in [3.05, 3.63) is 40.0 Å². The van der Waals surface area contributed by atoms with Crippen LogP contribution in [0.4, 0.5) is 11.4 Å². The summed E-state index contributed by atoms with van der Waals surface area (Å²) >= 11 is 1.37. The van der Waals surface area contributed by atoms with Crippen LogP contribution in [0.2, 0.25) is 0 Å². The van der Waals surface area contributed by atoms with Gasteiger partial charge in [-0.3, -0.25) is 10.1 Å². The van der Waals surface area contributed by atoms with E-state index in [4.69, 9.17) is 0 Å². The molecule has 2 heterocycles. The van der Waals surface area contributed by atoms with E-state index in [9.17, 15) is 10.1 Å². The maximum Gasteiger partial charge on any atom is 0.319 e. The van der Waals surface area contributed by atoms with Crippen LogP contribution in [-0.2, 0) is 6.42 Å². The summed E-state index contributed by atoms with van der Waals surface area (Å²) in [7, 11) is 0. The zero-order valence-electron chi connectivity index (χ0n) is 10.1. The predicted molar refractivity (Wildman–Crippen MR) is 72.8 cm³/mol. The molecule has 8 nitrogen and oxygen atoms in total. The van der Waals surface area contributed by atoms with Gasteiger partial charge in [-0.05, 0) is 12.1 Å². The number of fused-ring (bicyclic) bond motifs is 1. The highest BCUT2D eigenvalue weighted by atomic mass is 32.1. The van der Waals surface area contributed by atoms with Gasteiger partial charge in [-0.15, -0.1) is 11.3 Å². The number of hydrogen-bond acceptors (Lipinski definition) is 8. The van der Waals surface area contributed by atoms with Gasteiger partial charge in [0.2, 0.25) is 6.39 Å². The lowest BCUT2D eigenvalue weighted by atomic mass is 10.2. The molecular formula is C11H9N5O3S. The first-order valence-electron chi connectivity index (χ1n) is 5.75. The van der Waals surface area contributed by atoms with Gasteiger partial charge in [0.15, 0.2) is 11.3 Å². The third-order valence-electron chi connectivity index (χ3n) is 2.73. The normalized spacial score (nSPS) is 10.8. The van der Waals surface area contributed by atoms with E-state index < -0.39 is 4.92 Å². The molecule has 3 aromatic rings. The zero-order valence-corrected chi connectivity index (χ0v) is 11.0. The lowest BCUT2D eigenvalue weighted by Crippen LogP contribution is -2.08. The Kier molecular flexibility index (Phi) is 3.25. The van der Waals surface area contributed by atoms with E-state index in [2.05, 4.69) is 25.0 Å². The van der Waals surface area contributed by atoms with E-state index in [0.717, 1.165) is 4.70 Å². The van der Waals surface area contributed by atoms with E-state index in [1.165, 1.54) is 17.7 Å². The highest BCUT2D eigenvalue weighted by molar-refractivity contribution is 7.16. The quantitative estimate of drug-likeness (QED) is 0.567. The second-order valence-corrected chi connectivity index (χ2v) is 4.83. The molecular weight excluding hydrogens is 282 g/mol. The van der Waals surface area contributed by atoms with Gasteiger partial charge < -0.3 is 9.84 Å². The number of benzene rings is 1. The number of aromatic nitrogens is 3. The second-order valence-electron chi connectivity index (χ2n) is 3.94. The number of thiazole rings is 1. The SMILES string of the molecule is O=[N+]([O-])c1c(NCCc2ncon2)ccc2scnc12. The van der Waals surface area contributed by atoms with E-state index in [1.54, 1.807) is 11.6 Å². The van der Waals surface area contributed by atoms with Crippen molar-refractivity contribution < 1.29 is 9.45 Å². The molecule has 1 aromatic carbocycles. The first-order chi connectivity index (χ1) is 9.75. The molecule has 0 spiro atoms. The smallest absolute Gasteiger partial charge is 0.319 e. The maximum atomic E-state index is 11.2. The molecule has 0 saturated carbocycles. The van der Waals surface area contributed by atoms with Gasteiger partial charge in [0, 0.05) is 13.0 Å². The minimum Gasteiger partial charge on any atom is -0.379 e. The highest BCUT2D eigenvalue weighted by Gasteiger charge is 2.20. The minimum absolute atomic E-state index is 0.00291. The van der Waals surface area contributed by atoms with Crippen molar-refractivity contribution in [2.75, 3.05) is 11.9 Å². The largest absolute Gasteiger partial charge is 0.379 e. The van der Waals surface area contributed by atoms with Gasteiger partial charge >= 0.3 is 5.69 Å². The molecule has 3 rings (SSSR count). The monoisotopic (exact) mass is 291 g/mol. The number of nitrogens with zero attached hydrogens (tertiary/aromatic N) is 4. The molecule has 0 radical (unpaired) electrons. The van der Waals surface area contributed by atoms with Crippen LogP contribution in [0.1, 0.15) is 5.82 Å². The first kappa shape index (κ1) is 12.5. The molecule has 9 heteroatoms. The lowest BCUT2D eigenvalue weighted by molar-refractivity contribution is -0.382. The average molecular weight is 291 g/mol. The van der Waals surface area contributed by atoms with Crippen molar-refractivity contribution in [2.24, 2.45) is 0 Å². The van der Waals surface area contributed by atoms with E-state index in [1.807, 2.05) is 6.07 Å². The fraction of sp³-hybridized carbons (Fsp3) is 0.182. The fourth-order valence-corrected chi connectivity index (χ4v) is 2.54. The molecule has 1 N–H and O–H groups in total. The summed E-state index contributed by atoms with van der Waals surface area (Å²) in [6, 6.07) is 3.51. The number of nitro benzene ring substituents is 1. The Hall–Kier alpha value is -2.55. The van der Waals surface area contributed by atoms with Crippen molar-refractivity contribution in [1.82, 2.24) is 15.1 Å². The summed E-state index contributed by atoms with van der Waals surface area (Å²) in [6.45, 7) is 0.468. The third kappa shape index (κ3) is 2.30. The molecule has 0 bridgehead atoms. The van der Waals surface area contributed by atoms with Crippen LogP contribution >= 0.6 is 11.3 Å². The van der Waals surface area contributed by atoms with E-state index in [-0.39, 0.29) is 5.69 Å². The van der Waals surface area contributed by atoms with Crippen LogP contribution in [0.25, 0.3) is 10.2 Å². The van der Waals surface area contributed by atoms with Gasteiger partial charge in [-0.2, -0.15) is 4.98 Å². The molecule has 0 aliphatic rings. The highest BCUT2D eigenvalue weighted by Crippen LogP contribution is 2.34. The summed E-state index contributed by atoms with van der Waals surface area (Å²) < 4.78 is 5.41.